The lowest BCUT2D eigenvalue weighted by Gasteiger charge is -2.25. The summed E-state index contributed by atoms with van der Waals surface area (Å²) in [6, 6.07) is 0.895. The summed E-state index contributed by atoms with van der Waals surface area (Å²) < 4.78 is 4.61. The summed E-state index contributed by atoms with van der Waals surface area (Å²) in [6.07, 6.45) is 3.15. The Morgan fingerprint density at radius 2 is 2.45 bits per heavy atom. The number of hydrazine groups is 1. The molecule has 1 aliphatic carbocycles. The van der Waals surface area contributed by atoms with Crippen LogP contribution >= 0.6 is 0 Å². The van der Waals surface area contributed by atoms with E-state index >= 15 is 0 Å². The Balaban J connectivity index is 2.02. The molecule has 2 aliphatic rings. The number of nitrogens with zero attached hydrogens (tertiary/aromatic N) is 1. The number of carbonyl (C=O) groups excluding carboxylic acids is 1. The van der Waals surface area contributed by atoms with Crippen LogP contribution in [0.2, 0.25) is 0 Å². The lowest BCUT2D eigenvalue weighted by Crippen LogP contribution is -2.46. The third-order valence-electron chi connectivity index (χ3n) is 2.46. The maximum absolute atomic E-state index is 11.0. The molecule has 1 aliphatic heterocycles. The SMILES string of the molecule is COC(=O)N1NC2CCC1C2. The fraction of sp³-hybridized carbons (Fsp3) is 0.857. The Kier molecular flexibility index (Phi) is 1.49. The summed E-state index contributed by atoms with van der Waals surface area (Å²) in [7, 11) is 1.41. The van der Waals surface area contributed by atoms with Gasteiger partial charge in [0, 0.05) is 6.04 Å². The van der Waals surface area contributed by atoms with Gasteiger partial charge in [0.05, 0.1) is 13.2 Å². The first-order chi connectivity index (χ1) is 5.31. The molecule has 1 heterocycles. The van der Waals surface area contributed by atoms with E-state index in [1.165, 1.54) is 13.5 Å². The monoisotopic (exact) mass is 156 g/mol. The molecule has 2 bridgehead atoms. The van der Waals surface area contributed by atoms with Crippen LogP contribution in [-0.4, -0.2) is 30.3 Å². The van der Waals surface area contributed by atoms with Crippen LogP contribution < -0.4 is 5.43 Å². The van der Waals surface area contributed by atoms with Crippen molar-refractivity contribution in [3.63, 3.8) is 0 Å². The van der Waals surface area contributed by atoms with E-state index in [2.05, 4.69) is 10.2 Å². The summed E-state index contributed by atoms with van der Waals surface area (Å²) in [4.78, 5) is 11.0. The van der Waals surface area contributed by atoms with Gasteiger partial charge in [0.15, 0.2) is 0 Å². The Hall–Kier alpha value is -0.770. The van der Waals surface area contributed by atoms with Crippen LogP contribution in [0.3, 0.4) is 0 Å². The first-order valence-corrected chi connectivity index (χ1v) is 3.94. The van der Waals surface area contributed by atoms with E-state index in [0.29, 0.717) is 12.1 Å². The van der Waals surface area contributed by atoms with Gasteiger partial charge < -0.3 is 4.74 Å². The maximum Gasteiger partial charge on any atom is 0.424 e. The van der Waals surface area contributed by atoms with Crippen LogP contribution in [-0.2, 0) is 4.74 Å². The van der Waals surface area contributed by atoms with Crippen molar-refractivity contribution in [1.82, 2.24) is 10.4 Å². The molecule has 2 atom stereocenters. The summed E-state index contributed by atoms with van der Waals surface area (Å²) in [5, 5.41) is 1.62. The molecule has 4 heteroatoms. The molecule has 0 aromatic heterocycles. The molecule has 11 heavy (non-hydrogen) atoms. The van der Waals surface area contributed by atoms with Crippen molar-refractivity contribution < 1.29 is 9.53 Å². The van der Waals surface area contributed by atoms with Crippen LogP contribution in [0.15, 0.2) is 0 Å². The van der Waals surface area contributed by atoms with Crippen molar-refractivity contribution in [1.29, 1.82) is 0 Å². The molecule has 2 unspecified atom stereocenters. The molecular weight excluding hydrogens is 144 g/mol. The van der Waals surface area contributed by atoms with Gasteiger partial charge >= 0.3 is 6.09 Å². The van der Waals surface area contributed by atoms with Gasteiger partial charge in [0.1, 0.15) is 0 Å². The maximum atomic E-state index is 11.0. The normalized spacial score (nSPS) is 34.5. The van der Waals surface area contributed by atoms with Crippen molar-refractivity contribution in [3.8, 4) is 0 Å². The lowest BCUT2D eigenvalue weighted by molar-refractivity contribution is 0.0855. The minimum Gasteiger partial charge on any atom is -0.452 e. The zero-order chi connectivity index (χ0) is 7.84. The molecule has 1 amide bonds. The highest BCUT2D eigenvalue weighted by Crippen LogP contribution is 2.30. The number of fused-ring (bicyclic) bond motifs is 2. The van der Waals surface area contributed by atoms with Crippen molar-refractivity contribution in [2.24, 2.45) is 0 Å². The summed E-state index contributed by atoms with van der Waals surface area (Å²) in [6.45, 7) is 0. The van der Waals surface area contributed by atoms with Gasteiger partial charge in [-0.05, 0) is 19.3 Å². The second-order valence-corrected chi connectivity index (χ2v) is 3.13. The number of rotatable bonds is 0. The van der Waals surface area contributed by atoms with E-state index in [0.717, 1.165) is 12.8 Å². The number of ether oxygens (including phenoxy) is 1. The second kappa shape index (κ2) is 2.37. The molecule has 62 valence electrons. The highest BCUT2D eigenvalue weighted by Gasteiger charge is 2.40. The second-order valence-electron chi connectivity index (χ2n) is 3.13. The van der Waals surface area contributed by atoms with E-state index < -0.39 is 0 Å². The molecule has 0 radical (unpaired) electrons. The Labute approximate surface area is 65.5 Å². The molecule has 0 spiro atoms. The van der Waals surface area contributed by atoms with Gasteiger partial charge in [-0.2, -0.15) is 0 Å². The van der Waals surface area contributed by atoms with E-state index in [4.69, 9.17) is 0 Å². The zero-order valence-electron chi connectivity index (χ0n) is 6.54. The van der Waals surface area contributed by atoms with Crippen LogP contribution in [0, 0.1) is 0 Å². The highest BCUT2D eigenvalue weighted by atomic mass is 16.5. The Bertz CT molecular complexity index is 183. The predicted octanol–water partition coefficient (Wildman–Crippen LogP) is 0.494. The molecule has 1 saturated carbocycles. The number of nitrogens with one attached hydrogen (secondary N) is 1. The first kappa shape index (κ1) is 6.91. The lowest BCUT2D eigenvalue weighted by atomic mass is 10.3. The van der Waals surface area contributed by atoms with Crippen molar-refractivity contribution in [2.45, 2.75) is 31.3 Å². The molecule has 1 saturated heterocycles. The highest BCUT2D eigenvalue weighted by molar-refractivity contribution is 5.67. The van der Waals surface area contributed by atoms with Crippen LogP contribution in [0.5, 0.6) is 0 Å². The van der Waals surface area contributed by atoms with Gasteiger partial charge in [0.25, 0.3) is 0 Å². The smallest absolute Gasteiger partial charge is 0.424 e. The van der Waals surface area contributed by atoms with E-state index in [1.807, 2.05) is 0 Å². The summed E-state index contributed by atoms with van der Waals surface area (Å²) >= 11 is 0. The standard InChI is InChI=1S/C7H12N2O2/c1-11-7(10)9-6-3-2-5(4-6)8-9/h5-6,8H,2-4H2,1H3. The first-order valence-electron chi connectivity index (χ1n) is 3.94. The molecule has 0 aromatic carbocycles. The average molecular weight is 156 g/mol. The third-order valence-corrected chi connectivity index (χ3v) is 2.46. The third kappa shape index (κ3) is 0.976. The summed E-state index contributed by atoms with van der Waals surface area (Å²) in [5.41, 5.74) is 3.10. The molecular formula is C7H12N2O2. The van der Waals surface area contributed by atoms with Gasteiger partial charge in [0.2, 0.25) is 0 Å². The topological polar surface area (TPSA) is 41.6 Å². The number of carbonyl (C=O) groups is 1. The molecule has 2 rings (SSSR count). The van der Waals surface area contributed by atoms with E-state index in [1.54, 1.807) is 5.01 Å². The largest absolute Gasteiger partial charge is 0.452 e. The van der Waals surface area contributed by atoms with Crippen LogP contribution in [0.4, 0.5) is 4.79 Å². The van der Waals surface area contributed by atoms with Crippen molar-refractivity contribution in [2.75, 3.05) is 7.11 Å². The average Bonchev–Trinajstić information content (AvgIpc) is 2.62. The number of hydrogen-bond donors (Lipinski definition) is 1. The Morgan fingerprint density at radius 1 is 1.64 bits per heavy atom. The minimum absolute atomic E-state index is 0.253. The summed E-state index contributed by atoms with van der Waals surface area (Å²) in [5.74, 6) is 0. The van der Waals surface area contributed by atoms with Gasteiger partial charge in [-0.15, -0.1) is 0 Å². The quantitative estimate of drug-likeness (QED) is 0.555. The molecule has 4 nitrogen and oxygen atoms in total. The predicted molar refractivity (Wildman–Crippen MR) is 38.8 cm³/mol. The fourth-order valence-electron chi connectivity index (χ4n) is 1.91. The molecule has 0 aromatic rings. The number of methoxy groups -OCH3 is 1. The Morgan fingerprint density at radius 3 is 2.91 bits per heavy atom. The van der Waals surface area contributed by atoms with Gasteiger partial charge in [-0.25, -0.2) is 15.2 Å². The van der Waals surface area contributed by atoms with Crippen molar-refractivity contribution >= 4 is 6.09 Å². The molecule has 1 N–H and O–H groups in total. The number of hydrogen-bond acceptors (Lipinski definition) is 3. The fourth-order valence-corrected chi connectivity index (χ4v) is 1.91. The molecule has 2 fully saturated rings. The zero-order valence-corrected chi connectivity index (χ0v) is 6.54. The van der Waals surface area contributed by atoms with E-state index in [-0.39, 0.29) is 6.09 Å². The van der Waals surface area contributed by atoms with Crippen molar-refractivity contribution in [3.05, 3.63) is 0 Å². The van der Waals surface area contributed by atoms with Crippen LogP contribution in [0.1, 0.15) is 19.3 Å². The van der Waals surface area contributed by atoms with E-state index in [9.17, 15) is 4.79 Å². The van der Waals surface area contributed by atoms with Crippen LogP contribution in [0.25, 0.3) is 0 Å². The van der Waals surface area contributed by atoms with Gasteiger partial charge in [-0.3, -0.25) is 0 Å². The number of amides is 1. The van der Waals surface area contributed by atoms with Gasteiger partial charge in [-0.1, -0.05) is 0 Å². The minimum atomic E-state index is -0.253.